The molecule has 1 heterocycles. The summed E-state index contributed by atoms with van der Waals surface area (Å²) in [5.41, 5.74) is 3.38. The average Bonchev–Trinajstić information content (AvgIpc) is 2.69. The molecule has 0 saturated carbocycles. The van der Waals surface area contributed by atoms with E-state index in [-0.39, 0.29) is 6.23 Å². The molecule has 0 radical (unpaired) electrons. The van der Waals surface area contributed by atoms with E-state index in [9.17, 15) is 0 Å². The summed E-state index contributed by atoms with van der Waals surface area (Å²) in [4.78, 5) is 6.13. The van der Waals surface area contributed by atoms with Gasteiger partial charge in [-0.15, -0.1) is 11.8 Å². The fraction of sp³-hybridized carbons (Fsp3) is 0.235. The van der Waals surface area contributed by atoms with E-state index in [0.29, 0.717) is 6.61 Å². The van der Waals surface area contributed by atoms with Crippen LogP contribution in [0.4, 0.5) is 0 Å². The van der Waals surface area contributed by atoms with E-state index < -0.39 is 0 Å². The van der Waals surface area contributed by atoms with E-state index in [1.807, 2.05) is 36.9 Å². The van der Waals surface area contributed by atoms with Crippen LogP contribution in [0, 0.1) is 0 Å². The van der Waals surface area contributed by atoms with Gasteiger partial charge in [0.1, 0.15) is 0 Å². The van der Waals surface area contributed by atoms with Crippen molar-refractivity contribution < 1.29 is 4.74 Å². The number of fused-ring (bicyclic) bond motifs is 1. The smallest absolute Gasteiger partial charge is 0.158 e. The molecule has 0 bridgehead atoms. The van der Waals surface area contributed by atoms with E-state index >= 15 is 0 Å². The molecule has 1 aliphatic rings. The second-order valence-electron chi connectivity index (χ2n) is 4.56. The Kier molecular flexibility index (Phi) is 4.19. The maximum atomic E-state index is 5.74. The molecule has 1 atom stereocenters. The second kappa shape index (κ2) is 6.25. The van der Waals surface area contributed by atoms with Crippen LogP contribution >= 0.6 is 11.8 Å². The molecule has 2 aromatic carbocycles. The van der Waals surface area contributed by atoms with E-state index in [2.05, 4.69) is 36.4 Å². The van der Waals surface area contributed by atoms with Crippen molar-refractivity contribution in [2.75, 3.05) is 12.4 Å². The van der Waals surface area contributed by atoms with Crippen molar-refractivity contribution in [1.82, 2.24) is 0 Å². The third kappa shape index (κ3) is 2.79. The van der Waals surface area contributed by atoms with Gasteiger partial charge in [0.05, 0.1) is 5.71 Å². The first kappa shape index (κ1) is 13.4. The summed E-state index contributed by atoms with van der Waals surface area (Å²) in [6, 6.07) is 18.8. The molecule has 3 rings (SSSR count). The van der Waals surface area contributed by atoms with Crippen molar-refractivity contribution >= 4 is 17.5 Å². The van der Waals surface area contributed by atoms with Gasteiger partial charge in [-0.25, -0.2) is 0 Å². The van der Waals surface area contributed by atoms with Crippen molar-refractivity contribution in [3.8, 4) is 0 Å². The number of rotatable bonds is 3. The molecule has 0 unspecified atom stereocenters. The molecule has 2 aromatic rings. The summed E-state index contributed by atoms with van der Waals surface area (Å²) in [6.07, 6.45) is -0.0763. The van der Waals surface area contributed by atoms with Gasteiger partial charge in [-0.05, 0) is 13.0 Å². The van der Waals surface area contributed by atoms with Gasteiger partial charge in [0, 0.05) is 28.4 Å². The number of aliphatic imine (C=N–C) groups is 1. The van der Waals surface area contributed by atoms with Crippen molar-refractivity contribution in [2.45, 2.75) is 18.0 Å². The van der Waals surface area contributed by atoms with Crippen molar-refractivity contribution in [3.05, 3.63) is 65.7 Å². The van der Waals surface area contributed by atoms with Crippen molar-refractivity contribution in [3.63, 3.8) is 0 Å². The van der Waals surface area contributed by atoms with E-state index in [1.54, 1.807) is 0 Å². The Morgan fingerprint density at radius 2 is 1.85 bits per heavy atom. The molecule has 20 heavy (non-hydrogen) atoms. The molecule has 0 aliphatic carbocycles. The summed E-state index contributed by atoms with van der Waals surface area (Å²) in [5, 5.41) is 0. The number of benzene rings is 2. The van der Waals surface area contributed by atoms with Gasteiger partial charge < -0.3 is 4.74 Å². The monoisotopic (exact) mass is 283 g/mol. The predicted octanol–water partition coefficient (Wildman–Crippen LogP) is 3.99. The Morgan fingerprint density at radius 1 is 1.10 bits per heavy atom. The van der Waals surface area contributed by atoms with Gasteiger partial charge in [0.15, 0.2) is 6.23 Å². The van der Waals surface area contributed by atoms with Crippen LogP contribution < -0.4 is 0 Å². The maximum Gasteiger partial charge on any atom is 0.158 e. The van der Waals surface area contributed by atoms with Gasteiger partial charge in [0.25, 0.3) is 0 Å². The van der Waals surface area contributed by atoms with Crippen LogP contribution in [-0.4, -0.2) is 24.3 Å². The maximum absolute atomic E-state index is 5.74. The summed E-state index contributed by atoms with van der Waals surface area (Å²) < 4.78 is 5.74. The average molecular weight is 283 g/mol. The van der Waals surface area contributed by atoms with Crippen LogP contribution in [0.5, 0.6) is 0 Å². The minimum atomic E-state index is -0.0763. The quantitative estimate of drug-likeness (QED) is 0.849. The zero-order chi connectivity index (χ0) is 13.8. The molecule has 0 spiro atoms. The minimum Gasteiger partial charge on any atom is -0.356 e. The van der Waals surface area contributed by atoms with Crippen LogP contribution in [-0.2, 0) is 4.74 Å². The molecule has 0 aromatic heterocycles. The minimum absolute atomic E-state index is 0.0763. The fourth-order valence-electron chi connectivity index (χ4n) is 2.30. The molecule has 3 heteroatoms. The number of nitrogens with zero attached hydrogens (tertiary/aromatic N) is 1. The lowest BCUT2D eigenvalue weighted by Crippen LogP contribution is -2.15. The van der Waals surface area contributed by atoms with E-state index in [1.165, 1.54) is 10.5 Å². The van der Waals surface area contributed by atoms with Gasteiger partial charge in [-0.2, -0.15) is 0 Å². The predicted molar refractivity (Wildman–Crippen MR) is 84.7 cm³/mol. The number of ether oxygens (including phenoxy) is 1. The van der Waals surface area contributed by atoms with Crippen LogP contribution in [0.2, 0.25) is 0 Å². The third-order valence-electron chi connectivity index (χ3n) is 3.20. The third-order valence-corrected chi connectivity index (χ3v) is 4.32. The second-order valence-corrected chi connectivity index (χ2v) is 5.62. The first-order valence-corrected chi connectivity index (χ1v) is 7.84. The Labute approximate surface area is 123 Å². The lowest BCUT2D eigenvalue weighted by atomic mass is 10.0. The lowest BCUT2D eigenvalue weighted by molar-refractivity contribution is 0.0867. The molecule has 2 nitrogen and oxygen atoms in total. The standard InChI is InChI=1S/C17H17NOS/c1-2-19-16-12-20-15-11-7-6-10-14(15)17(18-16)13-8-4-3-5-9-13/h3-11,16H,2,12H2,1H3/t16-/m0/s1. The highest BCUT2D eigenvalue weighted by molar-refractivity contribution is 7.99. The first-order valence-electron chi connectivity index (χ1n) is 6.85. The Morgan fingerprint density at radius 3 is 2.65 bits per heavy atom. The lowest BCUT2D eigenvalue weighted by Gasteiger charge is -2.11. The van der Waals surface area contributed by atoms with Crippen LogP contribution in [0.1, 0.15) is 18.1 Å². The molecular weight excluding hydrogens is 266 g/mol. The van der Waals surface area contributed by atoms with E-state index in [4.69, 9.17) is 9.73 Å². The van der Waals surface area contributed by atoms with Gasteiger partial charge in [-0.3, -0.25) is 4.99 Å². The van der Waals surface area contributed by atoms with Gasteiger partial charge in [-0.1, -0.05) is 48.5 Å². The highest BCUT2D eigenvalue weighted by Gasteiger charge is 2.19. The number of hydrogen-bond acceptors (Lipinski definition) is 3. The zero-order valence-corrected chi connectivity index (χ0v) is 12.3. The summed E-state index contributed by atoms with van der Waals surface area (Å²) in [6.45, 7) is 2.70. The Bertz CT molecular complexity index is 609. The molecule has 0 fully saturated rings. The molecule has 0 N–H and O–H groups in total. The highest BCUT2D eigenvalue weighted by atomic mass is 32.2. The number of hydrogen-bond donors (Lipinski definition) is 0. The Hall–Kier alpha value is -1.58. The van der Waals surface area contributed by atoms with Gasteiger partial charge >= 0.3 is 0 Å². The van der Waals surface area contributed by atoms with Crippen LogP contribution in [0.25, 0.3) is 0 Å². The first-order chi connectivity index (χ1) is 9.88. The highest BCUT2D eigenvalue weighted by Crippen LogP contribution is 2.30. The van der Waals surface area contributed by atoms with Gasteiger partial charge in [0.2, 0.25) is 0 Å². The van der Waals surface area contributed by atoms with Crippen molar-refractivity contribution in [2.24, 2.45) is 4.99 Å². The largest absolute Gasteiger partial charge is 0.356 e. The van der Waals surface area contributed by atoms with Crippen molar-refractivity contribution in [1.29, 1.82) is 0 Å². The zero-order valence-electron chi connectivity index (χ0n) is 11.5. The summed E-state index contributed by atoms with van der Waals surface area (Å²) in [7, 11) is 0. The Balaban J connectivity index is 2.09. The molecular formula is C17H17NOS. The van der Waals surface area contributed by atoms with E-state index in [0.717, 1.165) is 17.0 Å². The topological polar surface area (TPSA) is 21.6 Å². The SMILES string of the molecule is CCO[C@H]1CSc2ccccc2C(c2ccccc2)=N1. The molecule has 0 saturated heterocycles. The summed E-state index contributed by atoms with van der Waals surface area (Å²) >= 11 is 1.82. The van der Waals surface area contributed by atoms with Crippen LogP contribution in [0.3, 0.4) is 0 Å². The van der Waals surface area contributed by atoms with Crippen LogP contribution in [0.15, 0.2) is 64.5 Å². The molecule has 0 amide bonds. The normalized spacial score (nSPS) is 18.1. The fourth-order valence-corrected chi connectivity index (χ4v) is 3.29. The summed E-state index contributed by atoms with van der Waals surface area (Å²) in [5.74, 6) is 0.862. The molecule has 102 valence electrons. The number of thioether (sulfide) groups is 1. The molecule has 1 aliphatic heterocycles.